The Labute approximate surface area is 133 Å². The van der Waals surface area contributed by atoms with Crippen molar-refractivity contribution in [2.24, 2.45) is 0 Å². The highest BCUT2D eigenvalue weighted by molar-refractivity contribution is 7.90. The number of hydrogen-bond donors (Lipinski definition) is 1. The predicted octanol–water partition coefficient (Wildman–Crippen LogP) is 4.32. The van der Waals surface area contributed by atoms with E-state index in [0.717, 1.165) is 19.4 Å². The summed E-state index contributed by atoms with van der Waals surface area (Å²) in [6.07, 6.45) is 15.6. The summed E-state index contributed by atoms with van der Waals surface area (Å²) in [5.41, 5.74) is 0. The molecule has 0 fully saturated rings. The lowest BCUT2D eigenvalue weighted by molar-refractivity contribution is 0.481. The van der Waals surface area contributed by atoms with Gasteiger partial charge in [0.25, 0.3) is 0 Å². The topological polar surface area (TPSA) is 46.2 Å². The maximum absolute atomic E-state index is 11.4. The summed E-state index contributed by atoms with van der Waals surface area (Å²) in [4.78, 5) is 0. The number of hydrogen-bond acceptors (Lipinski definition) is 3. The maximum atomic E-state index is 11.4. The maximum Gasteiger partial charge on any atom is 0.148 e. The van der Waals surface area contributed by atoms with Crippen LogP contribution in [0.3, 0.4) is 0 Å². The largest absolute Gasteiger partial charge is 0.313 e. The molecule has 128 valence electrons. The Morgan fingerprint density at radius 3 is 1.71 bits per heavy atom. The fourth-order valence-electron chi connectivity index (χ4n) is 2.78. The number of nitrogens with one attached hydrogen (secondary N) is 1. The summed E-state index contributed by atoms with van der Waals surface area (Å²) in [6.45, 7) is 5.14. The summed E-state index contributed by atoms with van der Waals surface area (Å²) in [5, 5.41) is 3.29. The fourth-order valence-corrected chi connectivity index (χ4v) is 3.79. The van der Waals surface area contributed by atoms with Crippen LogP contribution in [0.15, 0.2) is 0 Å². The molecule has 0 rings (SSSR count). The predicted molar refractivity (Wildman–Crippen MR) is 93.6 cm³/mol. The third-order valence-corrected chi connectivity index (χ3v) is 4.91. The Balaban J connectivity index is 3.50. The zero-order chi connectivity index (χ0) is 16.0. The van der Waals surface area contributed by atoms with E-state index in [2.05, 4.69) is 12.2 Å². The molecule has 1 unspecified atom stereocenters. The number of rotatable bonds is 15. The van der Waals surface area contributed by atoms with Crippen LogP contribution in [0.2, 0.25) is 0 Å². The van der Waals surface area contributed by atoms with Crippen molar-refractivity contribution >= 4 is 9.84 Å². The van der Waals surface area contributed by atoms with Gasteiger partial charge in [0.2, 0.25) is 0 Å². The molecule has 0 saturated heterocycles. The zero-order valence-corrected chi connectivity index (χ0v) is 15.3. The highest BCUT2D eigenvalue weighted by Gasteiger charge is 2.13. The first kappa shape index (κ1) is 20.9. The molecule has 21 heavy (non-hydrogen) atoms. The van der Waals surface area contributed by atoms with Gasteiger partial charge in [0, 0.05) is 12.3 Å². The quantitative estimate of drug-likeness (QED) is 0.457. The molecule has 0 bridgehead atoms. The highest BCUT2D eigenvalue weighted by Crippen LogP contribution is 2.12. The number of sulfone groups is 1. The Bertz CT molecular complexity index is 315. The lowest BCUT2D eigenvalue weighted by Gasteiger charge is -2.16. The van der Waals surface area contributed by atoms with E-state index in [1.807, 2.05) is 6.92 Å². The normalized spacial score (nSPS) is 13.5. The first-order chi connectivity index (χ1) is 9.99. The Morgan fingerprint density at radius 2 is 1.29 bits per heavy atom. The van der Waals surface area contributed by atoms with Crippen LogP contribution < -0.4 is 5.32 Å². The molecular formula is C17H37NO2S. The smallest absolute Gasteiger partial charge is 0.148 e. The lowest BCUT2D eigenvalue weighted by atomic mass is 10.0. The average Bonchev–Trinajstić information content (AvgIpc) is 2.39. The van der Waals surface area contributed by atoms with Crippen LogP contribution in [-0.4, -0.2) is 33.0 Å². The van der Waals surface area contributed by atoms with Gasteiger partial charge in [0.15, 0.2) is 0 Å². The molecule has 0 aliphatic carbocycles. The van der Waals surface area contributed by atoms with Gasteiger partial charge >= 0.3 is 0 Å². The van der Waals surface area contributed by atoms with E-state index in [0.29, 0.717) is 0 Å². The first-order valence-corrected chi connectivity index (χ1v) is 11.0. The van der Waals surface area contributed by atoms with Gasteiger partial charge in [-0.3, -0.25) is 0 Å². The minimum atomic E-state index is -2.87. The lowest BCUT2D eigenvalue weighted by Crippen LogP contribution is -2.35. The van der Waals surface area contributed by atoms with Gasteiger partial charge in [-0.1, -0.05) is 78.1 Å². The van der Waals surface area contributed by atoms with E-state index in [1.165, 1.54) is 64.0 Å². The van der Waals surface area contributed by atoms with E-state index >= 15 is 0 Å². The highest BCUT2D eigenvalue weighted by atomic mass is 32.2. The Kier molecular flexibility index (Phi) is 13.5. The minimum Gasteiger partial charge on any atom is -0.313 e. The number of unbranched alkanes of at least 4 members (excludes halogenated alkanes) is 9. The molecule has 1 N–H and O–H groups in total. The van der Waals surface area contributed by atoms with Gasteiger partial charge in [0.1, 0.15) is 9.84 Å². The van der Waals surface area contributed by atoms with Crippen molar-refractivity contribution in [3.05, 3.63) is 0 Å². The van der Waals surface area contributed by atoms with Crippen molar-refractivity contribution in [3.8, 4) is 0 Å². The van der Waals surface area contributed by atoms with E-state index in [4.69, 9.17) is 0 Å². The van der Waals surface area contributed by atoms with Gasteiger partial charge in [-0.15, -0.1) is 0 Å². The molecule has 0 amide bonds. The van der Waals surface area contributed by atoms with Crippen molar-refractivity contribution in [2.75, 3.05) is 18.6 Å². The third-order valence-electron chi connectivity index (χ3n) is 3.90. The van der Waals surface area contributed by atoms with E-state index in [-0.39, 0.29) is 11.8 Å². The Hall–Kier alpha value is -0.0900. The molecule has 3 nitrogen and oxygen atoms in total. The van der Waals surface area contributed by atoms with Crippen molar-refractivity contribution in [3.63, 3.8) is 0 Å². The molecule has 0 radical (unpaired) electrons. The molecule has 1 atom stereocenters. The summed E-state index contributed by atoms with van der Waals surface area (Å²) in [6, 6.07) is 0.138. The minimum absolute atomic E-state index is 0.138. The Morgan fingerprint density at radius 1 is 0.810 bits per heavy atom. The van der Waals surface area contributed by atoms with Crippen LogP contribution in [-0.2, 0) is 9.84 Å². The van der Waals surface area contributed by atoms with Gasteiger partial charge in [-0.05, 0) is 13.0 Å². The van der Waals surface area contributed by atoms with Crippen LogP contribution in [0.5, 0.6) is 0 Å². The third kappa shape index (κ3) is 16.1. The monoisotopic (exact) mass is 319 g/mol. The summed E-state index contributed by atoms with van der Waals surface area (Å²) >= 11 is 0. The summed E-state index contributed by atoms with van der Waals surface area (Å²) in [7, 11) is -2.87. The first-order valence-electron chi connectivity index (χ1n) is 8.90. The zero-order valence-electron chi connectivity index (χ0n) is 14.5. The standard InChI is InChI=1S/C17H37NO2S/c1-4-6-7-8-9-10-11-12-13-14-15-17(18-5-2)16-21(3,19)20/h17-18H,4-16H2,1-3H3. The van der Waals surface area contributed by atoms with Crippen molar-refractivity contribution in [1.82, 2.24) is 5.32 Å². The van der Waals surface area contributed by atoms with Crippen molar-refractivity contribution in [2.45, 2.75) is 90.5 Å². The van der Waals surface area contributed by atoms with Gasteiger partial charge in [-0.25, -0.2) is 8.42 Å². The van der Waals surface area contributed by atoms with Crippen LogP contribution in [0.1, 0.15) is 84.5 Å². The molecule has 0 spiro atoms. The van der Waals surface area contributed by atoms with Crippen LogP contribution in [0.25, 0.3) is 0 Å². The molecule has 0 aromatic rings. The van der Waals surface area contributed by atoms with Gasteiger partial charge in [-0.2, -0.15) is 0 Å². The molecule has 0 heterocycles. The molecule has 0 aliphatic heterocycles. The average molecular weight is 320 g/mol. The molecule has 0 aromatic heterocycles. The second-order valence-corrected chi connectivity index (χ2v) is 8.50. The van der Waals surface area contributed by atoms with Gasteiger partial charge in [0.05, 0.1) is 5.75 Å². The molecule has 0 saturated carbocycles. The molecule has 0 aromatic carbocycles. The van der Waals surface area contributed by atoms with E-state index < -0.39 is 9.84 Å². The summed E-state index contributed by atoms with van der Waals surface area (Å²) < 4.78 is 22.7. The van der Waals surface area contributed by atoms with Crippen molar-refractivity contribution < 1.29 is 8.42 Å². The molecular weight excluding hydrogens is 282 g/mol. The SMILES string of the molecule is CCCCCCCCCCCCC(CS(C)(=O)=O)NCC. The van der Waals surface area contributed by atoms with Crippen LogP contribution in [0.4, 0.5) is 0 Å². The van der Waals surface area contributed by atoms with Gasteiger partial charge < -0.3 is 5.32 Å². The van der Waals surface area contributed by atoms with E-state index in [9.17, 15) is 8.42 Å². The second-order valence-electron chi connectivity index (χ2n) is 6.32. The van der Waals surface area contributed by atoms with Crippen molar-refractivity contribution in [1.29, 1.82) is 0 Å². The van der Waals surface area contributed by atoms with Crippen LogP contribution >= 0.6 is 0 Å². The second kappa shape index (κ2) is 13.6. The van der Waals surface area contributed by atoms with E-state index in [1.54, 1.807) is 0 Å². The summed E-state index contributed by atoms with van der Waals surface area (Å²) in [5.74, 6) is 0.276. The molecule has 4 heteroatoms. The molecule has 0 aliphatic rings. The fraction of sp³-hybridized carbons (Fsp3) is 1.00. The van der Waals surface area contributed by atoms with Crippen LogP contribution in [0, 0.1) is 0 Å².